The van der Waals surface area contributed by atoms with Crippen molar-refractivity contribution >= 4 is 0 Å². The van der Waals surface area contributed by atoms with Gasteiger partial charge in [-0.15, -0.1) is 0 Å². The van der Waals surface area contributed by atoms with Gasteiger partial charge in [-0.25, -0.2) is 4.39 Å². The third-order valence-electron chi connectivity index (χ3n) is 3.42. The lowest BCUT2D eigenvalue weighted by molar-refractivity contribution is 0.176. The fraction of sp³-hybridized carbons (Fsp3) is 0.625. The van der Waals surface area contributed by atoms with Crippen molar-refractivity contribution in [1.82, 2.24) is 10.2 Å². The summed E-state index contributed by atoms with van der Waals surface area (Å²) in [7, 11) is 1.47. The molecule has 0 amide bonds. The van der Waals surface area contributed by atoms with Crippen LogP contribution in [0.25, 0.3) is 0 Å². The van der Waals surface area contributed by atoms with Gasteiger partial charge in [-0.05, 0) is 45.4 Å². The SMILES string of the molecule is COc1ccc(CNCCN(C(C)C)C(C)C)cc1F. The molecule has 0 unspecified atom stereocenters. The minimum Gasteiger partial charge on any atom is -0.494 e. The zero-order chi connectivity index (χ0) is 15.1. The third kappa shape index (κ3) is 5.10. The Bertz CT molecular complexity index is 399. The molecule has 1 N–H and O–H groups in total. The first-order valence-corrected chi connectivity index (χ1v) is 7.24. The van der Waals surface area contributed by atoms with Crippen LogP contribution in [0.4, 0.5) is 4.39 Å². The number of nitrogens with one attached hydrogen (secondary N) is 1. The number of hydrogen-bond donors (Lipinski definition) is 1. The van der Waals surface area contributed by atoms with Crippen molar-refractivity contribution in [1.29, 1.82) is 0 Å². The Kier molecular flexibility index (Phi) is 6.96. The van der Waals surface area contributed by atoms with Crippen molar-refractivity contribution in [3.05, 3.63) is 29.6 Å². The summed E-state index contributed by atoms with van der Waals surface area (Å²) in [5.74, 6) is -0.0164. The molecule has 0 aromatic heterocycles. The Morgan fingerprint density at radius 3 is 2.35 bits per heavy atom. The van der Waals surface area contributed by atoms with E-state index in [1.807, 2.05) is 6.07 Å². The molecule has 1 aromatic carbocycles. The quantitative estimate of drug-likeness (QED) is 0.742. The van der Waals surface area contributed by atoms with Crippen LogP contribution in [0.1, 0.15) is 33.3 Å². The summed E-state index contributed by atoms with van der Waals surface area (Å²) in [5, 5.41) is 3.36. The maximum Gasteiger partial charge on any atom is 0.165 e. The lowest BCUT2D eigenvalue weighted by atomic mass is 10.2. The fourth-order valence-corrected chi connectivity index (χ4v) is 2.37. The number of benzene rings is 1. The molecule has 0 atom stereocenters. The van der Waals surface area contributed by atoms with Gasteiger partial charge in [-0.1, -0.05) is 6.07 Å². The van der Waals surface area contributed by atoms with Crippen molar-refractivity contribution in [2.75, 3.05) is 20.2 Å². The summed E-state index contributed by atoms with van der Waals surface area (Å²) in [5.41, 5.74) is 0.934. The minimum absolute atomic E-state index is 0.291. The number of halogens is 1. The minimum atomic E-state index is -0.308. The predicted octanol–water partition coefficient (Wildman–Crippen LogP) is 3.04. The predicted molar refractivity (Wildman–Crippen MR) is 81.6 cm³/mol. The lowest BCUT2D eigenvalue weighted by Gasteiger charge is -2.30. The number of nitrogens with zero attached hydrogens (tertiary/aromatic N) is 1. The van der Waals surface area contributed by atoms with Gasteiger partial charge in [0.05, 0.1) is 7.11 Å². The highest BCUT2D eigenvalue weighted by atomic mass is 19.1. The second-order valence-electron chi connectivity index (χ2n) is 5.57. The molecule has 0 fully saturated rings. The largest absolute Gasteiger partial charge is 0.494 e. The van der Waals surface area contributed by atoms with Crippen LogP contribution < -0.4 is 10.1 Å². The average molecular weight is 282 g/mol. The molecule has 0 aliphatic heterocycles. The zero-order valence-corrected chi connectivity index (χ0v) is 13.2. The molecule has 3 nitrogen and oxygen atoms in total. The number of rotatable bonds is 8. The van der Waals surface area contributed by atoms with Crippen LogP contribution in [0.2, 0.25) is 0 Å². The molecule has 0 radical (unpaired) electrons. The van der Waals surface area contributed by atoms with Crippen LogP contribution in [0.3, 0.4) is 0 Å². The first-order valence-electron chi connectivity index (χ1n) is 7.24. The fourth-order valence-electron chi connectivity index (χ4n) is 2.37. The molecule has 0 heterocycles. The van der Waals surface area contributed by atoms with E-state index in [1.165, 1.54) is 13.2 Å². The van der Waals surface area contributed by atoms with Crippen molar-refractivity contribution < 1.29 is 9.13 Å². The summed E-state index contributed by atoms with van der Waals surface area (Å²) in [6.45, 7) is 11.4. The van der Waals surface area contributed by atoms with E-state index in [9.17, 15) is 4.39 Å². The number of ether oxygens (including phenoxy) is 1. The molecule has 0 saturated carbocycles. The lowest BCUT2D eigenvalue weighted by Crippen LogP contribution is -2.41. The highest BCUT2D eigenvalue weighted by Crippen LogP contribution is 2.17. The first kappa shape index (κ1) is 16.9. The van der Waals surface area contributed by atoms with E-state index in [0.29, 0.717) is 24.4 Å². The Morgan fingerprint density at radius 2 is 1.85 bits per heavy atom. The molecule has 0 spiro atoms. The molecule has 0 aliphatic rings. The molecule has 0 aliphatic carbocycles. The molecule has 1 rings (SSSR count). The molecular weight excluding hydrogens is 255 g/mol. The van der Waals surface area contributed by atoms with Gasteiger partial charge in [0.2, 0.25) is 0 Å². The topological polar surface area (TPSA) is 24.5 Å². The molecule has 20 heavy (non-hydrogen) atoms. The molecule has 0 bridgehead atoms. The van der Waals surface area contributed by atoms with Crippen LogP contribution >= 0.6 is 0 Å². The average Bonchev–Trinajstić information content (AvgIpc) is 2.37. The normalized spacial score (nSPS) is 11.7. The van der Waals surface area contributed by atoms with Crippen LogP contribution in [0, 0.1) is 5.82 Å². The highest BCUT2D eigenvalue weighted by Gasteiger charge is 2.12. The standard InChI is InChI=1S/C16H27FN2O/c1-12(2)19(13(3)4)9-8-18-11-14-6-7-16(20-5)15(17)10-14/h6-7,10,12-13,18H,8-9,11H2,1-5H3. The Labute approximate surface area is 122 Å². The van der Waals surface area contributed by atoms with Gasteiger partial charge < -0.3 is 10.1 Å². The van der Waals surface area contributed by atoms with Gasteiger partial charge in [0.15, 0.2) is 11.6 Å². The first-order chi connectivity index (χ1) is 9.45. The summed E-state index contributed by atoms with van der Waals surface area (Å²) in [4.78, 5) is 2.43. The van der Waals surface area contributed by atoms with Crippen molar-refractivity contribution in [3.63, 3.8) is 0 Å². The second-order valence-corrected chi connectivity index (χ2v) is 5.57. The smallest absolute Gasteiger partial charge is 0.165 e. The summed E-state index contributed by atoms with van der Waals surface area (Å²) in [6.07, 6.45) is 0. The van der Waals surface area contributed by atoms with Crippen LogP contribution in [0.15, 0.2) is 18.2 Å². The molecule has 0 saturated heterocycles. The van der Waals surface area contributed by atoms with Gasteiger partial charge >= 0.3 is 0 Å². The van der Waals surface area contributed by atoms with E-state index in [0.717, 1.165) is 18.7 Å². The van der Waals surface area contributed by atoms with Crippen molar-refractivity contribution in [2.24, 2.45) is 0 Å². The maximum atomic E-state index is 13.5. The summed E-state index contributed by atoms with van der Waals surface area (Å²) < 4.78 is 18.4. The van der Waals surface area contributed by atoms with Gasteiger partial charge in [-0.2, -0.15) is 0 Å². The zero-order valence-electron chi connectivity index (χ0n) is 13.2. The summed E-state index contributed by atoms with van der Waals surface area (Å²) >= 11 is 0. The van der Waals surface area contributed by atoms with E-state index in [-0.39, 0.29) is 5.82 Å². The third-order valence-corrected chi connectivity index (χ3v) is 3.42. The van der Waals surface area contributed by atoms with Crippen LogP contribution in [-0.2, 0) is 6.54 Å². The summed E-state index contributed by atoms with van der Waals surface area (Å²) in [6, 6.07) is 6.15. The number of hydrogen-bond acceptors (Lipinski definition) is 3. The van der Waals surface area contributed by atoms with Gasteiger partial charge in [-0.3, -0.25) is 4.90 Å². The van der Waals surface area contributed by atoms with Crippen molar-refractivity contribution in [3.8, 4) is 5.75 Å². The van der Waals surface area contributed by atoms with Gasteiger partial charge in [0.25, 0.3) is 0 Å². The van der Waals surface area contributed by atoms with E-state index in [1.54, 1.807) is 6.07 Å². The maximum absolute atomic E-state index is 13.5. The van der Waals surface area contributed by atoms with Crippen LogP contribution in [0.5, 0.6) is 5.75 Å². The molecule has 4 heteroatoms. The van der Waals surface area contributed by atoms with E-state index in [4.69, 9.17) is 4.74 Å². The Hall–Kier alpha value is -1.13. The Balaban J connectivity index is 2.39. The molecule has 114 valence electrons. The van der Waals surface area contributed by atoms with Gasteiger partial charge in [0.1, 0.15) is 0 Å². The Morgan fingerprint density at radius 1 is 1.20 bits per heavy atom. The van der Waals surface area contributed by atoms with E-state index in [2.05, 4.69) is 37.9 Å². The highest BCUT2D eigenvalue weighted by molar-refractivity contribution is 5.29. The van der Waals surface area contributed by atoms with E-state index >= 15 is 0 Å². The number of methoxy groups -OCH3 is 1. The molecule has 1 aromatic rings. The molecular formula is C16H27FN2O. The van der Waals surface area contributed by atoms with E-state index < -0.39 is 0 Å². The van der Waals surface area contributed by atoms with Gasteiger partial charge in [0, 0.05) is 31.7 Å². The second kappa shape index (κ2) is 8.22. The van der Waals surface area contributed by atoms with Crippen LogP contribution in [-0.4, -0.2) is 37.2 Å². The monoisotopic (exact) mass is 282 g/mol. The van der Waals surface area contributed by atoms with Crippen molar-refractivity contribution in [2.45, 2.75) is 46.3 Å².